The molecule has 5 rings (SSSR count). The van der Waals surface area contributed by atoms with Crippen LogP contribution in [0.4, 0.5) is 5.00 Å². The maximum atomic E-state index is 12.7. The Kier molecular flexibility index (Phi) is 5.21. The number of aryl methyl sites for hydroxylation is 1. The molecule has 0 aromatic carbocycles. The van der Waals surface area contributed by atoms with Crippen LogP contribution in [0, 0.1) is 12.8 Å². The predicted molar refractivity (Wildman–Crippen MR) is 121 cm³/mol. The molecule has 0 saturated heterocycles. The molecule has 0 radical (unpaired) electrons. The number of anilines is 1. The standard InChI is InChI=1S/C22H19N5O2S2/c1-12-8-23-9-18-14(12)7-20(31-18)27-22(29)16-6-15(16)17-5-13(11-30-17)21(28)26-10-19-24-3-2-4-25-19/h2-5,7-9,11,15-16H,6,10H2,1H3,(H,26,28)(H,27,29). The van der Waals surface area contributed by atoms with Gasteiger partial charge in [-0.1, -0.05) is 0 Å². The van der Waals surface area contributed by atoms with Gasteiger partial charge in [0.1, 0.15) is 5.82 Å². The Balaban J connectivity index is 1.19. The van der Waals surface area contributed by atoms with Gasteiger partial charge in [0, 0.05) is 52.3 Å². The molecule has 0 bridgehead atoms. The van der Waals surface area contributed by atoms with Gasteiger partial charge < -0.3 is 10.6 Å². The van der Waals surface area contributed by atoms with Crippen molar-refractivity contribution < 1.29 is 9.59 Å². The number of carbonyl (C=O) groups is 2. The van der Waals surface area contributed by atoms with E-state index in [1.807, 2.05) is 36.8 Å². The lowest BCUT2D eigenvalue weighted by Gasteiger charge is -2.02. The summed E-state index contributed by atoms with van der Waals surface area (Å²) in [5, 5.41) is 9.69. The zero-order valence-corrected chi connectivity index (χ0v) is 18.3. The molecule has 31 heavy (non-hydrogen) atoms. The van der Waals surface area contributed by atoms with Crippen LogP contribution in [0.2, 0.25) is 0 Å². The van der Waals surface area contributed by atoms with Crippen LogP contribution in [0.3, 0.4) is 0 Å². The van der Waals surface area contributed by atoms with E-state index in [0.29, 0.717) is 11.4 Å². The van der Waals surface area contributed by atoms with Crippen molar-refractivity contribution in [2.75, 3.05) is 5.32 Å². The van der Waals surface area contributed by atoms with Crippen molar-refractivity contribution in [1.82, 2.24) is 20.3 Å². The molecule has 1 aliphatic carbocycles. The molecule has 156 valence electrons. The minimum Gasteiger partial charge on any atom is -0.345 e. The Hall–Kier alpha value is -3.17. The number of amides is 2. The van der Waals surface area contributed by atoms with Gasteiger partial charge in [-0.2, -0.15) is 0 Å². The zero-order chi connectivity index (χ0) is 21.4. The van der Waals surface area contributed by atoms with Gasteiger partial charge in [0.2, 0.25) is 5.91 Å². The second-order valence-electron chi connectivity index (χ2n) is 7.50. The minimum atomic E-state index is -0.161. The van der Waals surface area contributed by atoms with Crippen molar-refractivity contribution in [2.45, 2.75) is 25.8 Å². The number of nitrogens with zero attached hydrogens (tertiary/aromatic N) is 3. The van der Waals surface area contributed by atoms with E-state index >= 15 is 0 Å². The second-order valence-corrected chi connectivity index (χ2v) is 9.53. The molecule has 7 nitrogen and oxygen atoms in total. The van der Waals surface area contributed by atoms with Crippen LogP contribution in [-0.2, 0) is 11.3 Å². The van der Waals surface area contributed by atoms with E-state index in [1.165, 1.54) is 22.7 Å². The van der Waals surface area contributed by atoms with E-state index in [4.69, 9.17) is 0 Å². The van der Waals surface area contributed by atoms with Crippen molar-refractivity contribution in [3.8, 4) is 0 Å². The molecule has 4 aromatic heterocycles. The van der Waals surface area contributed by atoms with Gasteiger partial charge in [-0.3, -0.25) is 14.6 Å². The third-order valence-corrected chi connectivity index (χ3v) is 7.34. The normalized spacial score (nSPS) is 17.5. The lowest BCUT2D eigenvalue weighted by molar-refractivity contribution is -0.117. The highest BCUT2D eigenvalue weighted by molar-refractivity contribution is 7.23. The average Bonchev–Trinajstić information content (AvgIpc) is 3.23. The van der Waals surface area contributed by atoms with Crippen molar-refractivity contribution in [1.29, 1.82) is 0 Å². The Bertz CT molecular complexity index is 1270. The molecule has 1 aliphatic rings. The third kappa shape index (κ3) is 4.19. The van der Waals surface area contributed by atoms with E-state index in [-0.39, 0.29) is 30.2 Å². The number of pyridine rings is 1. The summed E-state index contributed by atoms with van der Waals surface area (Å²) in [6, 6.07) is 5.63. The fourth-order valence-corrected chi connectivity index (χ4v) is 5.60. The summed E-state index contributed by atoms with van der Waals surface area (Å²) < 4.78 is 1.07. The number of rotatable bonds is 6. The number of thiophene rings is 2. The summed E-state index contributed by atoms with van der Waals surface area (Å²) in [6.45, 7) is 2.30. The highest BCUT2D eigenvalue weighted by Gasteiger charge is 2.45. The maximum absolute atomic E-state index is 12.7. The molecule has 0 aliphatic heterocycles. The Labute approximate surface area is 186 Å². The lowest BCUT2D eigenvalue weighted by atomic mass is 10.2. The van der Waals surface area contributed by atoms with Crippen molar-refractivity contribution >= 4 is 49.6 Å². The highest BCUT2D eigenvalue weighted by Crippen LogP contribution is 2.50. The molecule has 9 heteroatoms. The Morgan fingerprint density at radius 3 is 2.84 bits per heavy atom. The summed E-state index contributed by atoms with van der Waals surface area (Å²) in [7, 11) is 0. The van der Waals surface area contributed by atoms with E-state index in [2.05, 4.69) is 25.6 Å². The highest BCUT2D eigenvalue weighted by atomic mass is 32.1. The number of hydrogen-bond acceptors (Lipinski definition) is 7. The van der Waals surface area contributed by atoms with Gasteiger partial charge >= 0.3 is 0 Å². The zero-order valence-electron chi connectivity index (χ0n) is 16.7. The smallest absolute Gasteiger partial charge is 0.252 e. The van der Waals surface area contributed by atoms with Crippen molar-refractivity contribution in [3.63, 3.8) is 0 Å². The monoisotopic (exact) mass is 449 g/mol. The summed E-state index contributed by atoms with van der Waals surface area (Å²) in [4.78, 5) is 38.6. The van der Waals surface area contributed by atoms with Gasteiger partial charge in [-0.25, -0.2) is 9.97 Å². The molecule has 2 unspecified atom stereocenters. The number of fused-ring (bicyclic) bond motifs is 1. The van der Waals surface area contributed by atoms with Gasteiger partial charge in [-0.15, -0.1) is 22.7 Å². The summed E-state index contributed by atoms with van der Waals surface area (Å²) >= 11 is 3.06. The van der Waals surface area contributed by atoms with E-state index in [0.717, 1.165) is 31.9 Å². The molecule has 4 aromatic rings. The molecule has 1 fully saturated rings. The molecule has 2 amide bonds. The lowest BCUT2D eigenvalue weighted by Crippen LogP contribution is -2.23. The maximum Gasteiger partial charge on any atom is 0.252 e. The predicted octanol–water partition coefficient (Wildman–Crippen LogP) is 4.13. The minimum absolute atomic E-state index is 0.0304. The summed E-state index contributed by atoms with van der Waals surface area (Å²) in [5.41, 5.74) is 1.70. The van der Waals surface area contributed by atoms with Crippen LogP contribution in [0.5, 0.6) is 0 Å². The van der Waals surface area contributed by atoms with Crippen LogP contribution < -0.4 is 10.6 Å². The quantitative estimate of drug-likeness (QED) is 0.461. The molecule has 2 atom stereocenters. The van der Waals surface area contributed by atoms with E-state index < -0.39 is 0 Å². The molecular weight excluding hydrogens is 430 g/mol. The fraction of sp³-hybridized carbons (Fsp3) is 0.227. The second kappa shape index (κ2) is 8.16. The summed E-state index contributed by atoms with van der Waals surface area (Å²) in [6.07, 6.45) is 7.75. The number of carbonyl (C=O) groups excluding carboxylic acids is 2. The van der Waals surface area contributed by atoms with Crippen LogP contribution in [0.25, 0.3) is 10.1 Å². The largest absolute Gasteiger partial charge is 0.345 e. The first kappa shape index (κ1) is 19.8. The van der Waals surface area contributed by atoms with Gasteiger partial charge in [0.25, 0.3) is 5.91 Å². The molecular formula is C22H19N5O2S2. The van der Waals surface area contributed by atoms with E-state index in [1.54, 1.807) is 18.5 Å². The van der Waals surface area contributed by atoms with Gasteiger partial charge in [0.05, 0.1) is 21.8 Å². The average molecular weight is 450 g/mol. The first-order valence-corrected chi connectivity index (χ1v) is 11.6. The van der Waals surface area contributed by atoms with Crippen LogP contribution in [-0.4, -0.2) is 26.8 Å². The molecule has 2 N–H and O–H groups in total. The Morgan fingerprint density at radius 2 is 2.03 bits per heavy atom. The SMILES string of the molecule is Cc1cncc2sc(NC(=O)C3CC3c3cc(C(=O)NCc4ncccn4)cs3)cc12. The first-order valence-electron chi connectivity index (χ1n) is 9.86. The third-order valence-electron chi connectivity index (χ3n) is 5.29. The number of hydrogen-bond donors (Lipinski definition) is 2. The molecule has 0 spiro atoms. The summed E-state index contributed by atoms with van der Waals surface area (Å²) in [5.74, 6) is 0.546. The van der Waals surface area contributed by atoms with Crippen LogP contribution in [0.15, 0.2) is 48.4 Å². The Morgan fingerprint density at radius 1 is 1.19 bits per heavy atom. The topological polar surface area (TPSA) is 96.9 Å². The molecule has 4 heterocycles. The molecule has 1 saturated carbocycles. The first-order chi connectivity index (χ1) is 15.1. The fourth-order valence-electron chi connectivity index (χ4n) is 3.52. The number of aromatic nitrogens is 3. The van der Waals surface area contributed by atoms with Gasteiger partial charge in [-0.05, 0) is 37.1 Å². The van der Waals surface area contributed by atoms with Crippen LogP contribution >= 0.6 is 22.7 Å². The van der Waals surface area contributed by atoms with Gasteiger partial charge in [0.15, 0.2) is 0 Å². The van der Waals surface area contributed by atoms with Crippen LogP contribution in [0.1, 0.15) is 39.0 Å². The van der Waals surface area contributed by atoms with Crippen molar-refractivity contribution in [3.05, 3.63) is 70.2 Å². The van der Waals surface area contributed by atoms with Crippen molar-refractivity contribution in [2.24, 2.45) is 5.92 Å². The number of nitrogens with one attached hydrogen (secondary N) is 2. The van der Waals surface area contributed by atoms with E-state index in [9.17, 15) is 9.59 Å².